The molecule has 7 nitrogen and oxygen atoms in total. The third-order valence-electron chi connectivity index (χ3n) is 4.30. The fourth-order valence-corrected chi connectivity index (χ4v) is 2.93. The molecule has 2 aromatic heterocycles. The molecular formula is C16H20N4O3. The van der Waals surface area contributed by atoms with Crippen LogP contribution in [0.15, 0.2) is 35.4 Å². The first-order chi connectivity index (χ1) is 11.1. The number of amides is 2. The third kappa shape index (κ3) is 3.44. The van der Waals surface area contributed by atoms with E-state index in [1.807, 2.05) is 17.3 Å². The minimum absolute atomic E-state index is 0.0486. The van der Waals surface area contributed by atoms with Gasteiger partial charge in [-0.3, -0.25) is 14.7 Å². The average Bonchev–Trinajstić information content (AvgIpc) is 3.27. The van der Waals surface area contributed by atoms with Crippen LogP contribution in [0.5, 0.6) is 0 Å². The van der Waals surface area contributed by atoms with Crippen LogP contribution in [-0.2, 0) is 4.79 Å². The van der Waals surface area contributed by atoms with Crippen molar-refractivity contribution in [2.75, 3.05) is 13.1 Å². The first-order valence-corrected chi connectivity index (χ1v) is 7.75. The SMILES string of the molecule is CC(NC(=O)c1ccoc1)C(=O)N1CCC(c2cn[nH]c2)CC1. The van der Waals surface area contributed by atoms with Crippen LogP contribution in [0.1, 0.15) is 41.6 Å². The van der Waals surface area contributed by atoms with Crippen molar-refractivity contribution in [3.63, 3.8) is 0 Å². The molecule has 2 aromatic rings. The van der Waals surface area contributed by atoms with Crippen molar-refractivity contribution in [2.24, 2.45) is 0 Å². The van der Waals surface area contributed by atoms with E-state index in [9.17, 15) is 9.59 Å². The summed E-state index contributed by atoms with van der Waals surface area (Å²) in [5, 5.41) is 9.52. The summed E-state index contributed by atoms with van der Waals surface area (Å²) in [4.78, 5) is 26.2. The molecule has 0 radical (unpaired) electrons. The van der Waals surface area contributed by atoms with E-state index in [-0.39, 0.29) is 11.8 Å². The summed E-state index contributed by atoms with van der Waals surface area (Å²) >= 11 is 0. The lowest BCUT2D eigenvalue weighted by molar-refractivity contribution is -0.133. The van der Waals surface area contributed by atoms with Gasteiger partial charge in [0.15, 0.2) is 0 Å². The number of hydrogen-bond acceptors (Lipinski definition) is 4. The second-order valence-electron chi connectivity index (χ2n) is 5.84. The fraction of sp³-hybridized carbons (Fsp3) is 0.438. The fourth-order valence-electron chi connectivity index (χ4n) is 2.93. The van der Waals surface area contributed by atoms with E-state index in [2.05, 4.69) is 15.5 Å². The minimum Gasteiger partial charge on any atom is -0.472 e. The second kappa shape index (κ2) is 6.68. The van der Waals surface area contributed by atoms with Gasteiger partial charge in [-0.1, -0.05) is 0 Å². The maximum atomic E-state index is 12.5. The average molecular weight is 316 g/mol. The van der Waals surface area contributed by atoms with Crippen molar-refractivity contribution < 1.29 is 14.0 Å². The van der Waals surface area contributed by atoms with Crippen LogP contribution in [0.25, 0.3) is 0 Å². The van der Waals surface area contributed by atoms with Gasteiger partial charge >= 0.3 is 0 Å². The molecule has 23 heavy (non-hydrogen) atoms. The van der Waals surface area contributed by atoms with E-state index in [4.69, 9.17) is 4.42 Å². The van der Waals surface area contributed by atoms with Crippen molar-refractivity contribution in [1.29, 1.82) is 0 Å². The molecule has 0 spiro atoms. The molecule has 1 aliphatic rings. The number of piperidine rings is 1. The maximum absolute atomic E-state index is 12.5. The lowest BCUT2D eigenvalue weighted by Gasteiger charge is -2.33. The van der Waals surface area contributed by atoms with Crippen molar-refractivity contribution in [1.82, 2.24) is 20.4 Å². The van der Waals surface area contributed by atoms with Crippen LogP contribution in [0.2, 0.25) is 0 Å². The van der Waals surface area contributed by atoms with E-state index in [1.165, 1.54) is 18.1 Å². The first-order valence-electron chi connectivity index (χ1n) is 7.75. The highest BCUT2D eigenvalue weighted by molar-refractivity contribution is 5.97. The Labute approximate surface area is 134 Å². The number of nitrogens with one attached hydrogen (secondary N) is 2. The second-order valence-corrected chi connectivity index (χ2v) is 5.84. The largest absolute Gasteiger partial charge is 0.472 e. The predicted octanol–water partition coefficient (Wildman–Crippen LogP) is 1.53. The zero-order valence-electron chi connectivity index (χ0n) is 13.0. The predicted molar refractivity (Wildman–Crippen MR) is 82.8 cm³/mol. The Morgan fingerprint density at radius 3 is 2.83 bits per heavy atom. The van der Waals surface area contributed by atoms with E-state index in [0.717, 1.165) is 12.8 Å². The van der Waals surface area contributed by atoms with Crippen molar-refractivity contribution in [3.05, 3.63) is 42.1 Å². The monoisotopic (exact) mass is 316 g/mol. The van der Waals surface area contributed by atoms with Gasteiger partial charge in [0.05, 0.1) is 18.0 Å². The molecule has 1 saturated heterocycles. The molecule has 7 heteroatoms. The molecule has 1 unspecified atom stereocenters. The smallest absolute Gasteiger partial charge is 0.255 e. The summed E-state index contributed by atoms with van der Waals surface area (Å²) in [7, 11) is 0. The number of carbonyl (C=O) groups is 2. The molecule has 122 valence electrons. The Balaban J connectivity index is 1.51. The van der Waals surface area contributed by atoms with E-state index < -0.39 is 6.04 Å². The minimum atomic E-state index is -0.553. The van der Waals surface area contributed by atoms with Crippen LogP contribution >= 0.6 is 0 Å². The topological polar surface area (TPSA) is 91.2 Å². The van der Waals surface area contributed by atoms with Gasteiger partial charge in [0.1, 0.15) is 12.3 Å². The lowest BCUT2D eigenvalue weighted by Crippen LogP contribution is -2.49. The number of nitrogens with zero attached hydrogens (tertiary/aromatic N) is 2. The third-order valence-corrected chi connectivity index (χ3v) is 4.30. The molecule has 3 rings (SSSR count). The first kappa shape index (κ1) is 15.3. The van der Waals surface area contributed by atoms with Gasteiger partial charge in [-0.05, 0) is 37.3 Å². The molecule has 2 amide bonds. The van der Waals surface area contributed by atoms with Crippen molar-refractivity contribution >= 4 is 11.8 Å². The molecule has 1 atom stereocenters. The normalized spacial score (nSPS) is 17.0. The van der Waals surface area contributed by atoms with Crippen LogP contribution in [0, 0.1) is 0 Å². The number of carbonyl (C=O) groups excluding carboxylic acids is 2. The molecular weight excluding hydrogens is 296 g/mol. The summed E-state index contributed by atoms with van der Waals surface area (Å²) in [5.74, 6) is 0.0917. The summed E-state index contributed by atoms with van der Waals surface area (Å²) in [6.45, 7) is 3.10. The molecule has 0 aliphatic carbocycles. The highest BCUT2D eigenvalue weighted by Gasteiger charge is 2.28. The van der Waals surface area contributed by atoms with E-state index in [1.54, 1.807) is 13.0 Å². The lowest BCUT2D eigenvalue weighted by atomic mass is 9.91. The van der Waals surface area contributed by atoms with Gasteiger partial charge in [-0.2, -0.15) is 5.10 Å². The zero-order valence-corrected chi connectivity index (χ0v) is 13.0. The maximum Gasteiger partial charge on any atom is 0.255 e. The van der Waals surface area contributed by atoms with Crippen LogP contribution in [-0.4, -0.2) is 46.0 Å². The molecule has 3 heterocycles. The van der Waals surface area contributed by atoms with Gasteiger partial charge in [-0.15, -0.1) is 0 Å². The van der Waals surface area contributed by atoms with Gasteiger partial charge < -0.3 is 14.6 Å². The summed E-state index contributed by atoms with van der Waals surface area (Å²) in [6.07, 6.45) is 8.37. The highest BCUT2D eigenvalue weighted by Crippen LogP contribution is 2.27. The number of aromatic nitrogens is 2. The highest BCUT2D eigenvalue weighted by atomic mass is 16.3. The molecule has 0 saturated carbocycles. The Hall–Kier alpha value is -2.57. The van der Waals surface area contributed by atoms with Crippen molar-refractivity contribution in [3.8, 4) is 0 Å². The summed E-state index contributed by atoms with van der Waals surface area (Å²) in [6, 6.07) is 1.02. The number of H-pyrrole nitrogens is 1. The number of aromatic amines is 1. The number of likely N-dealkylation sites (tertiary alicyclic amines) is 1. The Bertz CT molecular complexity index is 643. The Morgan fingerprint density at radius 1 is 1.43 bits per heavy atom. The van der Waals surface area contributed by atoms with Crippen molar-refractivity contribution in [2.45, 2.75) is 31.7 Å². The number of furan rings is 1. The number of rotatable bonds is 4. The van der Waals surface area contributed by atoms with Gasteiger partial charge in [-0.25, -0.2) is 0 Å². The molecule has 0 aromatic carbocycles. The molecule has 1 aliphatic heterocycles. The summed E-state index contributed by atoms with van der Waals surface area (Å²) < 4.78 is 4.88. The zero-order chi connectivity index (χ0) is 16.2. The standard InChI is InChI=1S/C16H20N4O3/c1-11(19-15(21)13-4-7-23-10-13)16(22)20-5-2-12(3-6-20)14-8-17-18-9-14/h4,7-12H,2-3,5-6H2,1H3,(H,17,18)(H,19,21). The molecule has 0 bridgehead atoms. The van der Waals surface area contributed by atoms with Gasteiger partial charge in [0.25, 0.3) is 5.91 Å². The Kier molecular flexibility index (Phi) is 4.45. The van der Waals surface area contributed by atoms with Crippen LogP contribution in [0.4, 0.5) is 0 Å². The Morgan fingerprint density at radius 2 is 2.22 bits per heavy atom. The quantitative estimate of drug-likeness (QED) is 0.895. The molecule has 1 fully saturated rings. The van der Waals surface area contributed by atoms with E-state index >= 15 is 0 Å². The number of hydrogen-bond donors (Lipinski definition) is 2. The molecule has 2 N–H and O–H groups in total. The van der Waals surface area contributed by atoms with Crippen LogP contribution in [0.3, 0.4) is 0 Å². The van der Waals surface area contributed by atoms with Crippen LogP contribution < -0.4 is 5.32 Å². The van der Waals surface area contributed by atoms with Gasteiger partial charge in [0, 0.05) is 19.3 Å². The van der Waals surface area contributed by atoms with Gasteiger partial charge in [0.2, 0.25) is 5.91 Å². The van der Waals surface area contributed by atoms with E-state index in [0.29, 0.717) is 24.6 Å². The summed E-state index contributed by atoms with van der Waals surface area (Å²) in [5.41, 5.74) is 1.61.